The topological polar surface area (TPSA) is 32.8 Å². The average molecular weight is 316 g/mol. The number of benzene rings is 1. The molecule has 4 heteroatoms. The molecule has 1 aliphatic carbocycles. The first-order valence-electron chi connectivity index (χ1n) is 9.01. The van der Waals surface area contributed by atoms with Crippen LogP contribution in [0.1, 0.15) is 42.9 Å². The highest BCUT2D eigenvalue weighted by Crippen LogP contribution is 2.22. The van der Waals surface area contributed by atoms with Crippen molar-refractivity contribution < 1.29 is 9.53 Å². The molecule has 4 nitrogen and oxygen atoms in total. The standard InChI is InChI=1S/C19H28N2O2/c1-2-23-19(22)21-12-10-20(11-13-21)15-16-8-9-17-6-4-3-5-7-18(17)14-16/h8-9,14H,2-7,10-13,15H2,1H3. The molecule has 2 aliphatic rings. The minimum Gasteiger partial charge on any atom is -0.450 e. The lowest BCUT2D eigenvalue weighted by Gasteiger charge is -2.34. The maximum Gasteiger partial charge on any atom is 0.409 e. The van der Waals surface area contributed by atoms with E-state index in [4.69, 9.17) is 4.74 Å². The van der Waals surface area contributed by atoms with Crippen LogP contribution in [0, 0.1) is 0 Å². The molecule has 0 bridgehead atoms. The second-order valence-electron chi connectivity index (χ2n) is 6.63. The summed E-state index contributed by atoms with van der Waals surface area (Å²) in [5.41, 5.74) is 4.53. The highest BCUT2D eigenvalue weighted by molar-refractivity contribution is 5.67. The Morgan fingerprint density at radius 3 is 2.52 bits per heavy atom. The van der Waals surface area contributed by atoms with Gasteiger partial charge in [0.2, 0.25) is 0 Å². The minimum absolute atomic E-state index is 0.169. The zero-order valence-electron chi connectivity index (χ0n) is 14.2. The van der Waals surface area contributed by atoms with Crippen molar-refractivity contribution in [2.24, 2.45) is 0 Å². The molecule has 1 saturated heterocycles. The van der Waals surface area contributed by atoms with Gasteiger partial charge in [0, 0.05) is 32.7 Å². The number of nitrogens with zero attached hydrogens (tertiary/aromatic N) is 2. The molecule has 0 N–H and O–H groups in total. The third-order valence-electron chi connectivity index (χ3n) is 4.97. The fourth-order valence-corrected chi connectivity index (χ4v) is 3.62. The van der Waals surface area contributed by atoms with Crippen LogP contribution in [0.2, 0.25) is 0 Å². The van der Waals surface area contributed by atoms with Crippen molar-refractivity contribution in [2.75, 3.05) is 32.8 Å². The van der Waals surface area contributed by atoms with E-state index in [2.05, 4.69) is 23.1 Å². The van der Waals surface area contributed by atoms with Gasteiger partial charge in [-0.1, -0.05) is 24.6 Å². The summed E-state index contributed by atoms with van der Waals surface area (Å²) in [5.74, 6) is 0. The summed E-state index contributed by atoms with van der Waals surface area (Å²) in [5, 5.41) is 0. The van der Waals surface area contributed by atoms with Crippen molar-refractivity contribution in [2.45, 2.75) is 45.6 Å². The van der Waals surface area contributed by atoms with Crippen LogP contribution in [0.25, 0.3) is 0 Å². The number of fused-ring (bicyclic) bond motifs is 1. The minimum atomic E-state index is -0.169. The number of amides is 1. The Labute approximate surface area is 139 Å². The van der Waals surface area contributed by atoms with Crippen molar-refractivity contribution in [3.05, 3.63) is 34.9 Å². The van der Waals surface area contributed by atoms with Crippen LogP contribution in [0.4, 0.5) is 4.79 Å². The highest BCUT2D eigenvalue weighted by Gasteiger charge is 2.22. The largest absolute Gasteiger partial charge is 0.450 e. The van der Waals surface area contributed by atoms with Crippen molar-refractivity contribution in [3.63, 3.8) is 0 Å². The Morgan fingerprint density at radius 1 is 1.04 bits per heavy atom. The lowest BCUT2D eigenvalue weighted by molar-refractivity contribution is 0.0778. The molecular weight excluding hydrogens is 288 g/mol. The summed E-state index contributed by atoms with van der Waals surface area (Å²) < 4.78 is 5.08. The summed E-state index contributed by atoms with van der Waals surface area (Å²) in [6, 6.07) is 7.05. The molecule has 0 spiro atoms. The predicted octanol–water partition coefficient (Wildman–Crippen LogP) is 3.23. The number of ether oxygens (including phenoxy) is 1. The predicted molar refractivity (Wildman–Crippen MR) is 91.6 cm³/mol. The normalized spacial score (nSPS) is 19.1. The monoisotopic (exact) mass is 316 g/mol. The van der Waals surface area contributed by atoms with E-state index in [1.54, 1.807) is 11.1 Å². The number of carbonyl (C=O) groups excluding carboxylic acids is 1. The van der Waals surface area contributed by atoms with E-state index in [-0.39, 0.29) is 6.09 Å². The molecular formula is C19H28N2O2. The van der Waals surface area contributed by atoms with Gasteiger partial charge in [-0.3, -0.25) is 4.90 Å². The Morgan fingerprint density at radius 2 is 1.78 bits per heavy atom. The Bertz CT molecular complexity index is 536. The van der Waals surface area contributed by atoms with Crippen LogP contribution in [0.15, 0.2) is 18.2 Å². The van der Waals surface area contributed by atoms with E-state index in [1.807, 2.05) is 11.8 Å². The van der Waals surface area contributed by atoms with Gasteiger partial charge < -0.3 is 9.64 Å². The van der Waals surface area contributed by atoms with E-state index < -0.39 is 0 Å². The molecule has 1 heterocycles. The van der Waals surface area contributed by atoms with Crippen LogP contribution in [0.3, 0.4) is 0 Å². The molecule has 3 rings (SSSR count). The van der Waals surface area contributed by atoms with E-state index in [0.717, 1.165) is 32.7 Å². The van der Waals surface area contributed by atoms with Crippen LogP contribution in [-0.4, -0.2) is 48.7 Å². The molecule has 1 aliphatic heterocycles. The fraction of sp³-hybridized carbons (Fsp3) is 0.632. The molecule has 1 amide bonds. The molecule has 1 aromatic carbocycles. The van der Waals surface area contributed by atoms with Gasteiger partial charge >= 0.3 is 6.09 Å². The maximum atomic E-state index is 11.7. The Balaban J connectivity index is 1.54. The molecule has 126 valence electrons. The van der Waals surface area contributed by atoms with Gasteiger partial charge in [0.1, 0.15) is 0 Å². The molecule has 23 heavy (non-hydrogen) atoms. The van der Waals surface area contributed by atoms with Crippen molar-refractivity contribution in [3.8, 4) is 0 Å². The number of hydrogen-bond donors (Lipinski definition) is 0. The average Bonchev–Trinajstić information content (AvgIpc) is 2.80. The maximum absolute atomic E-state index is 11.7. The Kier molecular flexibility index (Phi) is 5.55. The molecule has 1 fully saturated rings. The lowest BCUT2D eigenvalue weighted by atomic mass is 10.00. The zero-order valence-corrected chi connectivity index (χ0v) is 14.2. The SMILES string of the molecule is CCOC(=O)N1CCN(Cc2ccc3c(c2)CCCCC3)CC1. The quantitative estimate of drug-likeness (QED) is 0.803. The first-order chi connectivity index (χ1) is 11.3. The van der Waals surface area contributed by atoms with E-state index in [9.17, 15) is 4.79 Å². The summed E-state index contributed by atoms with van der Waals surface area (Å²) >= 11 is 0. The van der Waals surface area contributed by atoms with E-state index in [1.165, 1.54) is 37.7 Å². The number of piperazine rings is 1. The number of hydrogen-bond acceptors (Lipinski definition) is 3. The second-order valence-corrected chi connectivity index (χ2v) is 6.63. The van der Waals surface area contributed by atoms with Gasteiger partial charge in [-0.25, -0.2) is 4.79 Å². The Hall–Kier alpha value is -1.55. The number of carbonyl (C=O) groups is 1. The highest BCUT2D eigenvalue weighted by atomic mass is 16.6. The molecule has 0 aromatic heterocycles. The first-order valence-corrected chi connectivity index (χ1v) is 9.01. The summed E-state index contributed by atoms with van der Waals surface area (Å²) in [7, 11) is 0. The van der Waals surface area contributed by atoms with Crippen molar-refractivity contribution in [1.82, 2.24) is 9.80 Å². The second kappa shape index (κ2) is 7.82. The van der Waals surface area contributed by atoms with Crippen molar-refractivity contribution >= 4 is 6.09 Å². The molecule has 0 atom stereocenters. The molecule has 0 unspecified atom stereocenters. The smallest absolute Gasteiger partial charge is 0.409 e. The molecule has 1 aromatic rings. The van der Waals surface area contributed by atoms with Gasteiger partial charge in [0.25, 0.3) is 0 Å². The molecule has 0 radical (unpaired) electrons. The number of rotatable bonds is 3. The summed E-state index contributed by atoms with van der Waals surface area (Å²) in [6.45, 7) is 6.68. The number of aryl methyl sites for hydroxylation is 2. The lowest BCUT2D eigenvalue weighted by Crippen LogP contribution is -2.48. The summed E-state index contributed by atoms with van der Waals surface area (Å²) in [6.07, 6.45) is 6.33. The van der Waals surface area contributed by atoms with E-state index >= 15 is 0 Å². The van der Waals surface area contributed by atoms with Gasteiger partial charge in [0.05, 0.1) is 6.61 Å². The van der Waals surface area contributed by atoms with Crippen LogP contribution >= 0.6 is 0 Å². The third-order valence-corrected chi connectivity index (χ3v) is 4.97. The van der Waals surface area contributed by atoms with Gasteiger partial charge in [-0.15, -0.1) is 0 Å². The van der Waals surface area contributed by atoms with Crippen LogP contribution < -0.4 is 0 Å². The third kappa shape index (κ3) is 4.25. The summed E-state index contributed by atoms with van der Waals surface area (Å²) in [4.78, 5) is 16.0. The molecule has 0 saturated carbocycles. The van der Waals surface area contributed by atoms with Gasteiger partial charge in [-0.05, 0) is 49.3 Å². The van der Waals surface area contributed by atoms with Crippen LogP contribution in [-0.2, 0) is 24.1 Å². The fourth-order valence-electron chi connectivity index (χ4n) is 3.62. The van der Waals surface area contributed by atoms with E-state index in [0.29, 0.717) is 6.61 Å². The van der Waals surface area contributed by atoms with Gasteiger partial charge in [0.15, 0.2) is 0 Å². The van der Waals surface area contributed by atoms with Gasteiger partial charge in [-0.2, -0.15) is 0 Å². The first kappa shape index (κ1) is 16.3. The van der Waals surface area contributed by atoms with Crippen molar-refractivity contribution in [1.29, 1.82) is 0 Å². The zero-order chi connectivity index (χ0) is 16.1. The van der Waals surface area contributed by atoms with Crippen LogP contribution in [0.5, 0.6) is 0 Å².